The van der Waals surface area contributed by atoms with Gasteiger partial charge in [-0.15, -0.1) is 0 Å². The molecule has 1 unspecified atom stereocenters. The van der Waals surface area contributed by atoms with E-state index in [2.05, 4.69) is 5.32 Å². The average molecular weight is 311 g/mol. The lowest BCUT2D eigenvalue weighted by atomic mass is 9.87. The number of benzene rings is 2. The molecule has 1 aliphatic heterocycles. The second kappa shape index (κ2) is 5.52. The Kier molecular flexibility index (Phi) is 3.66. The molecule has 0 bridgehead atoms. The Balaban J connectivity index is 1.94. The maximum absolute atomic E-state index is 12.5. The molecule has 0 fully saturated rings. The molecule has 2 aromatic carbocycles. The van der Waals surface area contributed by atoms with Crippen LogP contribution in [-0.2, 0) is 10.4 Å². The van der Waals surface area contributed by atoms with Crippen LogP contribution in [0.3, 0.4) is 0 Å². The Hall–Kier alpha value is -2.66. The third-order valence-corrected chi connectivity index (χ3v) is 4.05. The number of hydrogen-bond acceptors (Lipinski definition) is 4. The number of rotatable bonds is 4. The molecule has 0 saturated heterocycles. The number of Topliss-reactive ketones (excluding diaryl/α,β-unsaturated/α-hetero) is 1. The highest BCUT2D eigenvalue weighted by molar-refractivity contribution is 6.09. The lowest BCUT2D eigenvalue weighted by Crippen LogP contribution is -2.36. The van der Waals surface area contributed by atoms with E-state index in [1.165, 1.54) is 7.11 Å². The summed E-state index contributed by atoms with van der Waals surface area (Å²) >= 11 is 0. The number of anilines is 1. The summed E-state index contributed by atoms with van der Waals surface area (Å²) in [5, 5.41) is 13.5. The van der Waals surface area contributed by atoms with Crippen molar-refractivity contribution in [3.05, 3.63) is 59.2 Å². The summed E-state index contributed by atoms with van der Waals surface area (Å²) in [5.41, 5.74) is 0.445. The van der Waals surface area contributed by atoms with Crippen LogP contribution in [0.2, 0.25) is 0 Å². The van der Waals surface area contributed by atoms with Gasteiger partial charge in [-0.1, -0.05) is 29.8 Å². The maximum atomic E-state index is 12.5. The third-order valence-electron chi connectivity index (χ3n) is 4.05. The van der Waals surface area contributed by atoms with Gasteiger partial charge in [-0.25, -0.2) is 0 Å². The fourth-order valence-electron chi connectivity index (χ4n) is 2.76. The summed E-state index contributed by atoms with van der Waals surface area (Å²) in [4.78, 5) is 24.7. The number of ether oxygens (including phenoxy) is 1. The van der Waals surface area contributed by atoms with Gasteiger partial charge in [0.25, 0.3) is 5.91 Å². The normalized spacial score (nSPS) is 19.2. The van der Waals surface area contributed by atoms with Crippen molar-refractivity contribution in [3.63, 3.8) is 0 Å². The van der Waals surface area contributed by atoms with Gasteiger partial charge in [0, 0.05) is 16.8 Å². The maximum Gasteiger partial charge on any atom is 0.261 e. The molecular formula is C18H17NO4. The number of nitrogens with one attached hydrogen (secondary N) is 1. The van der Waals surface area contributed by atoms with Gasteiger partial charge in [0.2, 0.25) is 0 Å². The molecule has 1 aliphatic rings. The molecule has 0 radical (unpaired) electrons. The fraction of sp³-hybridized carbons (Fsp3) is 0.222. The predicted octanol–water partition coefficient (Wildman–Crippen LogP) is 2.42. The Morgan fingerprint density at radius 3 is 2.78 bits per heavy atom. The first-order valence-electron chi connectivity index (χ1n) is 7.26. The highest BCUT2D eigenvalue weighted by Gasteiger charge is 2.46. The number of hydrogen-bond donors (Lipinski definition) is 2. The van der Waals surface area contributed by atoms with Crippen molar-refractivity contribution in [1.29, 1.82) is 0 Å². The summed E-state index contributed by atoms with van der Waals surface area (Å²) < 4.78 is 5.10. The van der Waals surface area contributed by atoms with Crippen molar-refractivity contribution in [2.75, 3.05) is 12.4 Å². The van der Waals surface area contributed by atoms with Crippen LogP contribution in [0.25, 0.3) is 0 Å². The Morgan fingerprint density at radius 1 is 1.26 bits per heavy atom. The molecule has 1 amide bonds. The Bertz CT molecular complexity index is 799. The molecule has 0 saturated carbocycles. The average Bonchev–Trinajstić information content (AvgIpc) is 2.78. The van der Waals surface area contributed by atoms with Crippen LogP contribution >= 0.6 is 0 Å². The molecule has 1 heterocycles. The van der Waals surface area contributed by atoms with Crippen molar-refractivity contribution < 1.29 is 19.4 Å². The quantitative estimate of drug-likeness (QED) is 0.850. The zero-order valence-corrected chi connectivity index (χ0v) is 12.9. The Morgan fingerprint density at radius 2 is 2.04 bits per heavy atom. The van der Waals surface area contributed by atoms with Crippen LogP contribution < -0.4 is 10.1 Å². The van der Waals surface area contributed by atoms with Crippen LogP contribution in [0.5, 0.6) is 5.75 Å². The van der Waals surface area contributed by atoms with E-state index in [-0.39, 0.29) is 12.2 Å². The number of carbonyl (C=O) groups is 2. The van der Waals surface area contributed by atoms with E-state index in [0.29, 0.717) is 22.6 Å². The van der Waals surface area contributed by atoms with E-state index in [4.69, 9.17) is 4.74 Å². The molecule has 23 heavy (non-hydrogen) atoms. The highest BCUT2D eigenvalue weighted by atomic mass is 16.5. The van der Waals surface area contributed by atoms with Gasteiger partial charge in [-0.2, -0.15) is 0 Å². The zero-order chi connectivity index (χ0) is 16.6. The molecule has 5 nitrogen and oxygen atoms in total. The van der Waals surface area contributed by atoms with Gasteiger partial charge in [0.05, 0.1) is 13.5 Å². The number of fused-ring (bicyclic) bond motifs is 1. The molecule has 2 aromatic rings. The lowest BCUT2D eigenvalue weighted by Gasteiger charge is -2.20. The summed E-state index contributed by atoms with van der Waals surface area (Å²) in [7, 11) is 1.51. The number of carbonyl (C=O) groups excluding carboxylic acids is 2. The van der Waals surface area contributed by atoms with Crippen LogP contribution in [0.4, 0.5) is 5.69 Å². The van der Waals surface area contributed by atoms with Crippen LogP contribution in [0, 0.1) is 6.92 Å². The van der Waals surface area contributed by atoms with Gasteiger partial charge >= 0.3 is 0 Å². The first-order valence-corrected chi connectivity index (χ1v) is 7.26. The number of methoxy groups -OCH3 is 1. The SMILES string of the molecule is COc1cccc(C(=O)CC2(O)C(=O)Nc3ccc(C)cc32)c1. The van der Waals surface area contributed by atoms with E-state index in [9.17, 15) is 14.7 Å². The van der Waals surface area contributed by atoms with Crippen molar-refractivity contribution in [1.82, 2.24) is 0 Å². The minimum absolute atomic E-state index is 0.317. The van der Waals surface area contributed by atoms with Crippen LogP contribution in [0.15, 0.2) is 42.5 Å². The first-order chi connectivity index (χ1) is 10.9. The third kappa shape index (κ3) is 2.59. The monoisotopic (exact) mass is 311 g/mol. The fourth-order valence-corrected chi connectivity index (χ4v) is 2.76. The smallest absolute Gasteiger partial charge is 0.261 e. The molecule has 3 rings (SSSR count). The number of amides is 1. The van der Waals surface area contributed by atoms with E-state index < -0.39 is 11.5 Å². The number of ketones is 1. The van der Waals surface area contributed by atoms with Crippen molar-refractivity contribution in [2.45, 2.75) is 18.9 Å². The first kappa shape index (κ1) is 15.2. The summed E-state index contributed by atoms with van der Waals surface area (Å²) in [6.07, 6.45) is -0.317. The van der Waals surface area contributed by atoms with Crippen LogP contribution in [-0.4, -0.2) is 23.9 Å². The highest BCUT2D eigenvalue weighted by Crippen LogP contribution is 2.39. The standard InChI is InChI=1S/C18H17NO4/c1-11-6-7-15-14(8-11)18(22,17(21)19-15)10-16(20)12-4-3-5-13(9-12)23-2/h3-9,22H,10H2,1-2H3,(H,19,21). The van der Waals surface area contributed by atoms with E-state index >= 15 is 0 Å². The van der Waals surface area contributed by atoms with E-state index in [1.54, 1.807) is 36.4 Å². The minimum atomic E-state index is -1.85. The lowest BCUT2D eigenvalue weighted by molar-refractivity contribution is -0.133. The van der Waals surface area contributed by atoms with Gasteiger partial charge in [-0.3, -0.25) is 9.59 Å². The molecule has 118 valence electrons. The van der Waals surface area contributed by atoms with Gasteiger partial charge < -0.3 is 15.2 Å². The molecule has 0 spiro atoms. The van der Waals surface area contributed by atoms with Crippen LogP contribution in [0.1, 0.15) is 27.9 Å². The van der Waals surface area contributed by atoms with Crippen molar-refractivity contribution in [3.8, 4) is 5.75 Å². The second-order valence-corrected chi connectivity index (χ2v) is 5.70. The molecule has 5 heteroatoms. The summed E-state index contributed by atoms with van der Waals surface area (Å²) in [5.74, 6) is -0.347. The zero-order valence-electron chi connectivity index (χ0n) is 12.9. The van der Waals surface area contributed by atoms with E-state index in [0.717, 1.165) is 5.56 Å². The van der Waals surface area contributed by atoms with E-state index in [1.807, 2.05) is 13.0 Å². The van der Waals surface area contributed by atoms with Gasteiger partial charge in [0.1, 0.15) is 5.75 Å². The van der Waals surface area contributed by atoms with Crippen molar-refractivity contribution >= 4 is 17.4 Å². The molecular weight excluding hydrogens is 294 g/mol. The summed E-state index contributed by atoms with van der Waals surface area (Å²) in [6, 6.07) is 12.0. The number of aliphatic hydroxyl groups is 1. The van der Waals surface area contributed by atoms with Gasteiger partial charge in [-0.05, 0) is 25.1 Å². The minimum Gasteiger partial charge on any atom is -0.497 e. The number of aryl methyl sites for hydroxylation is 1. The molecule has 1 atom stereocenters. The Labute approximate surface area is 133 Å². The molecule has 0 aromatic heterocycles. The topological polar surface area (TPSA) is 75.6 Å². The summed E-state index contributed by atoms with van der Waals surface area (Å²) in [6.45, 7) is 1.87. The second-order valence-electron chi connectivity index (χ2n) is 5.70. The molecule has 0 aliphatic carbocycles. The molecule has 2 N–H and O–H groups in total. The van der Waals surface area contributed by atoms with Gasteiger partial charge in [0.15, 0.2) is 11.4 Å². The largest absolute Gasteiger partial charge is 0.497 e. The van der Waals surface area contributed by atoms with Crippen molar-refractivity contribution in [2.24, 2.45) is 0 Å². The predicted molar refractivity (Wildman–Crippen MR) is 85.6 cm³/mol.